The van der Waals surface area contributed by atoms with E-state index in [0.717, 1.165) is 50.5 Å². The molecule has 3 heterocycles. The Kier molecular flexibility index (Phi) is 6.75. The molecule has 0 aromatic rings. The third-order valence-electron chi connectivity index (χ3n) is 13.0. The first-order valence-corrected chi connectivity index (χ1v) is 15.8. The molecule has 2 N–H and O–H groups in total. The number of esters is 2. The van der Waals surface area contributed by atoms with Crippen LogP contribution in [0.3, 0.4) is 0 Å². The molecular formula is C32H46O10. The molecule has 7 rings (SSSR count). The van der Waals surface area contributed by atoms with Crippen LogP contribution in [0.5, 0.6) is 0 Å². The number of aliphatic hydroxyl groups is 2. The Morgan fingerprint density at radius 3 is 2.57 bits per heavy atom. The molecule has 42 heavy (non-hydrogen) atoms. The number of hydrogen-bond donors (Lipinski definition) is 2. The van der Waals surface area contributed by atoms with E-state index in [4.69, 9.17) is 28.4 Å². The van der Waals surface area contributed by atoms with E-state index in [9.17, 15) is 19.8 Å². The lowest BCUT2D eigenvalue weighted by atomic mass is 9.43. The Hall–Kier alpha value is -1.56. The van der Waals surface area contributed by atoms with Gasteiger partial charge in [0.25, 0.3) is 0 Å². The van der Waals surface area contributed by atoms with E-state index < -0.39 is 47.9 Å². The van der Waals surface area contributed by atoms with Crippen LogP contribution < -0.4 is 0 Å². The van der Waals surface area contributed by atoms with Gasteiger partial charge in [-0.25, -0.2) is 4.79 Å². The molecule has 0 amide bonds. The molecule has 234 valence electrons. The summed E-state index contributed by atoms with van der Waals surface area (Å²) in [6.07, 6.45) is 4.48. The zero-order chi connectivity index (χ0) is 29.8. The normalized spacial score (nSPS) is 54.5. The van der Waals surface area contributed by atoms with Crippen molar-refractivity contribution in [3.63, 3.8) is 0 Å². The van der Waals surface area contributed by atoms with Crippen molar-refractivity contribution in [1.29, 1.82) is 0 Å². The fourth-order valence-corrected chi connectivity index (χ4v) is 10.8. The summed E-state index contributed by atoms with van der Waals surface area (Å²) in [4.78, 5) is 23.8. The second kappa shape index (κ2) is 9.72. The zero-order valence-corrected chi connectivity index (χ0v) is 25.4. The lowest BCUT2D eigenvalue weighted by Crippen LogP contribution is -2.68. The van der Waals surface area contributed by atoms with Gasteiger partial charge in [-0.05, 0) is 87.0 Å². The van der Waals surface area contributed by atoms with Crippen LogP contribution in [0.1, 0.15) is 79.1 Å². The molecule has 0 aromatic carbocycles. The topological polar surface area (TPSA) is 133 Å². The molecular weight excluding hydrogens is 544 g/mol. The van der Waals surface area contributed by atoms with Gasteiger partial charge in [0.1, 0.15) is 30.0 Å². The summed E-state index contributed by atoms with van der Waals surface area (Å²) in [5.41, 5.74) is -0.815. The number of rotatable bonds is 5. The maximum atomic E-state index is 12.6. The van der Waals surface area contributed by atoms with Gasteiger partial charge in [0, 0.05) is 25.5 Å². The average Bonchev–Trinajstić information content (AvgIpc) is 3.38. The number of carbonyl (C=O) groups excluding carboxylic acids is 2. The number of cyclic esters (lactones) is 1. The Balaban J connectivity index is 1.09. The molecule has 10 heteroatoms. The summed E-state index contributed by atoms with van der Waals surface area (Å²) in [5, 5.41) is 23.3. The Morgan fingerprint density at radius 2 is 1.88 bits per heavy atom. The third kappa shape index (κ3) is 3.84. The van der Waals surface area contributed by atoms with Gasteiger partial charge in [0.2, 0.25) is 0 Å². The molecule has 6 fully saturated rings. The number of methoxy groups -OCH3 is 1. The van der Waals surface area contributed by atoms with Gasteiger partial charge in [-0.15, -0.1) is 0 Å². The Bertz CT molecular complexity index is 1170. The highest BCUT2D eigenvalue weighted by molar-refractivity contribution is 5.85. The van der Waals surface area contributed by atoms with E-state index >= 15 is 0 Å². The standard InChI is InChI=1S/C32H46O10/c1-16-25(35)26(37-5)27(40-17(2)33)28(39-16)41-20-6-9-29(3)19(13-20)14-23-32(42-23)22(29)8-10-30(4)21(7-11-31(30,32)36)18-12-24(34)38-15-18/h12,16,19-23,25-28,35-36H,6-11,13-15H2,1-5H3/t16-,19+,20-,21-,22-,23+,25-,26+,27-,28+,29+,30-,31+,32-/m1/s1. The van der Waals surface area contributed by atoms with Gasteiger partial charge < -0.3 is 38.6 Å². The molecule has 0 unspecified atom stereocenters. The van der Waals surface area contributed by atoms with Gasteiger partial charge in [-0.2, -0.15) is 0 Å². The molecule has 7 aliphatic rings. The van der Waals surface area contributed by atoms with E-state index in [0.29, 0.717) is 18.9 Å². The predicted octanol–water partition coefficient (Wildman–Crippen LogP) is 2.81. The smallest absolute Gasteiger partial charge is 0.331 e. The highest BCUT2D eigenvalue weighted by Crippen LogP contribution is 2.77. The number of hydrogen-bond acceptors (Lipinski definition) is 10. The molecule has 14 atom stereocenters. The first-order valence-electron chi connectivity index (χ1n) is 15.8. The molecule has 10 nitrogen and oxygen atoms in total. The largest absolute Gasteiger partial charge is 0.458 e. The monoisotopic (exact) mass is 590 g/mol. The highest BCUT2D eigenvalue weighted by Gasteiger charge is 2.84. The minimum absolute atomic E-state index is 0.00499. The van der Waals surface area contributed by atoms with E-state index in [1.807, 2.05) is 0 Å². The van der Waals surface area contributed by atoms with Crippen molar-refractivity contribution in [2.75, 3.05) is 13.7 Å². The van der Waals surface area contributed by atoms with Crippen LogP contribution in [0.4, 0.5) is 0 Å². The van der Waals surface area contributed by atoms with Crippen LogP contribution in [-0.4, -0.2) is 90.0 Å². The van der Waals surface area contributed by atoms with Gasteiger partial charge in [0.05, 0.1) is 18.3 Å². The lowest BCUT2D eigenvalue weighted by molar-refractivity contribution is -0.315. The highest BCUT2D eigenvalue weighted by atomic mass is 16.7. The number of epoxide rings is 1. The van der Waals surface area contributed by atoms with Crippen molar-refractivity contribution in [2.45, 2.75) is 133 Å². The second-order valence-electron chi connectivity index (χ2n) is 14.6. The Morgan fingerprint density at radius 1 is 1.10 bits per heavy atom. The quantitative estimate of drug-likeness (QED) is 0.280. The van der Waals surface area contributed by atoms with Crippen LogP contribution in [0.2, 0.25) is 0 Å². The SMILES string of the molecule is CO[C@H]1[C@H](O)[C@@H](C)O[C@@H](O[C@@H]2CC[C@@]3(C)[C@@H](C2)C[C@@H]2O[C@]24[C@@H]3CC[C@]2(C)[C@@H](C3=CC(=O)OC3)CC[C@@]42O)[C@@H]1OC(C)=O. The van der Waals surface area contributed by atoms with Gasteiger partial charge in [-0.1, -0.05) is 13.8 Å². The molecule has 3 aliphatic heterocycles. The van der Waals surface area contributed by atoms with E-state index in [2.05, 4.69) is 13.8 Å². The van der Waals surface area contributed by atoms with Crippen LogP contribution >= 0.6 is 0 Å². The minimum atomic E-state index is -0.941. The second-order valence-corrected chi connectivity index (χ2v) is 14.6. The number of aliphatic hydroxyl groups excluding tert-OH is 1. The maximum Gasteiger partial charge on any atom is 0.331 e. The minimum Gasteiger partial charge on any atom is -0.458 e. The summed E-state index contributed by atoms with van der Waals surface area (Å²) < 4.78 is 35.6. The molecule has 2 saturated heterocycles. The van der Waals surface area contributed by atoms with Crippen LogP contribution in [0.25, 0.3) is 0 Å². The van der Waals surface area contributed by atoms with E-state index in [-0.39, 0.29) is 40.8 Å². The van der Waals surface area contributed by atoms with E-state index in [1.165, 1.54) is 14.0 Å². The zero-order valence-electron chi connectivity index (χ0n) is 25.4. The first kappa shape index (κ1) is 29.2. The lowest BCUT2D eigenvalue weighted by Gasteiger charge is -2.62. The Labute approximate surface area is 247 Å². The summed E-state index contributed by atoms with van der Waals surface area (Å²) >= 11 is 0. The van der Waals surface area contributed by atoms with Crippen LogP contribution in [0.15, 0.2) is 11.6 Å². The molecule has 0 aromatic heterocycles. The number of fused-ring (bicyclic) bond motifs is 3. The van der Waals surface area contributed by atoms with Gasteiger partial charge in [-0.3, -0.25) is 4.79 Å². The van der Waals surface area contributed by atoms with Crippen molar-refractivity contribution >= 4 is 11.9 Å². The van der Waals surface area contributed by atoms with Crippen molar-refractivity contribution in [1.82, 2.24) is 0 Å². The summed E-state index contributed by atoms with van der Waals surface area (Å²) in [6.45, 7) is 8.04. The van der Waals surface area contributed by atoms with Crippen molar-refractivity contribution in [3.05, 3.63) is 11.6 Å². The molecule has 0 bridgehead atoms. The fraction of sp³-hybridized carbons (Fsp3) is 0.875. The van der Waals surface area contributed by atoms with Crippen LogP contribution in [0, 0.1) is 28.6 Å². The summed E-state index contributed by atoms with van der Waals surface area (Å²) in [7, 11) is 1.49. The molecule has 4 aliphatic carbocycles. The predicted molar refractivity (Wildman–Crippen MR) is 147 cm³/mol. The van der Waals surface area contributed by atoms with Gasteiger partial charge in [0.15, 0.2) is 12.4 Å². The fourth-order valence-electron chi connectivity index (χ4n) is 10.8. The third-order valence-corrected chi connectivity index (χ3v) is 13.0. The van der Waals surface area contributed by atoms with Crippen LogP contribution in [-0.2, 0) is 38.0 Å². The van der Waals surface area contributed by atoms with Crippen molar-refractivity contribution in [2.24, 2.45) is 28.6 Å². The number of ether oxygens (including phenoxy) is 6. The molecule has 4 saturated carbocycles. The summed E-state index contributed by atoms with van der Waals surface area (Å²) in [5.74, 6) is -0.0281. The maximum absolute atomic E-state index is 12.6. The molecule has 1 spiro atoms. The van der Waals surface area contributed by atoms with Crippen molar-refractivity contribution in [3.8, 4) is 0 Å². The average molecular weight is 591 g/mol. The summed E-state index contributed by atoms with van der Waals surface area (Å²) in [6, 6.07) is 0. The first-order chi connectivity index (χ1) is 19.9. The number of carbonyl (C=O) groups is 2. The van der Waals surface area contributed by atoms with E-state index in [1.54, 1.807) is 13.0 Å². The van der Waals surface area contributed by atoms with Crippen molar-refractivity contribution < 1.29 is 48.2 Å². The van der Waals surface area contributed by atoms with Gasteiger partial charge >= 0.3 is 11.9 Å². The molecule has 0 radical (unpaired) electrons.